The second-order valence-corrected chi connectivity index (χ2v) is 5.50. The zero-order valence-electron chi connectivity index (χ0n) is 12.3. The van der Waals surface area contributed by atoms with Crippen molar-refractivity contribution in [3.8, 4) is 5.75 Å². The molecule has 21 heavy (non-hydrogen) atoms. The summed E-state index contributed by atoms with van der Waals surface area (Å²) in [6.07, 6.45) is 6.07. The van der Waals surface area contributed by atoms with E-state index in [9.17, 15) is 0 Å². The van der Waals surface area contributed by atoms with E-state index in [4.69, 9.17) is 10.5 Å². The van der Waals surface area contributed by atoms with Crippen LogP contribution >= 0.6 is 0 Å². The summed E-state index contributed by atoms with van der Waals surface area (Å²) in [5.74, 6) is 2.15. The summed E-state index contributed by atoms with van der Waals surface area (Å²) in [5, 5.41) is 4.27. The van der Waals surface area contributed by atoms with Gasteiger partial charge in [0.1, 0.15) is 5.75 Å². The van der Waals surface area contributed by atoms with E-state index in [1.54, 1.807) is 0 Å². The number of rotatable bonds is 5. The van der Waals surface area contributed by atoms with Gasteiger partial charge in [0.05, 0.1) is 17.4 Å². The van der Waals surface area contributed by atoms with E-state index in [1.807, 2.05) is 24.4 Å². The summed E-state index contributed by atoms with van der Waals surface area (Å²) < 4.78 is 6.14. The van der Waals surface area contributed by atoms with Gasteiger partial charge >= 0.3 is 0 Å². The highest BCUT2D eigenvalue weighted by Gasteiger charge is 2.19. The molecule has 1 aromatic carbocycles. The number of fused-ring (bicyclic) bond motifs is 1. The van der Waals surface area contributed by atoms with Crippen LogP contribution in [0.25, 0.3) is 10.9 Å². The Kier molecular flexibility index (Phi) is 3.95. The third kappa shape index (κ3) is 3.27. The van der Waals surface area contributed by atoms with Gasteiger partial charge in [0, 0.05) is 24.0 Å². The van der Waals surface area contributed by atoms with E-state index in [-0.39, 0.29) is 6.10 Å². The molecule has 1 aromatic heterocycles. The van der Waals surface area contributed by atoms with Crippen LogP contribution in [0.5, 0.6) is 5.75 Å². The molecule has 2 atom stereocenters. The number of nitrogens with one attached hydrogen (secondary N) is 1. The first kappa shape index (κ1) is 13.7. The minimum absolute atomic E-state index is 0.202. The molecule has 2 heterocycles. The second-order valence-electron chi connectivity index (χ2n) is 5.50. The van der Waals surface area contributed by atoms with Crippen molar-refractivity contribution in [1.29, 1.82) is 0 Å². The highest BCUT2D eigenvalue weighted by atomic mass is 16.5. The molecule has 0 bridgehead atoms. The molecule has 1 aliphatic heterocycles. The van der Waals surface area contributed by atoms with Crippen LogP contribution in [-0.2, 0) is 0 Å². The van der Waals surface area contributed by atoms with Crippen LogP contribution in [0.2, 0.25) is 0 Å². The molecule has 0 aliphatic carbocycles. The Labute approximate surface area is 125 Å². The summed E-state index contributed by atoms with van der Waals surface area (Å²) in [4.78, 5) is 4.33. The van der Waals surface area contributed by atoms with Crippen molar-refractivity contribution in [2.24, 2.45) is 11.7 Å². The largest absolute Gasteiger partial charge is 0.490 e. The van der Waals surface area contributed by atoms with Gasteiger partial charge in [0.25, 0.3) is 0 Å². The fourth-order valence-electron chi connectivity index (χ4n) is 2.73. The van der Waals surface area contributed by atoms with Crippen molar-refractivity contribution in [3.63, 3.8) is 0 Å². The molecule has 4 nitrogen and oxygen atoms in total. The first-order chi connectivity index (χ1) is 10.2. The summed E-state index contributed by atoms with van der Waals surface area (Å²) in [6.45, 7) is 3.07. The Morgan fingerprint density at radius 1 is 1.43 bits per heavy atom. The van der Waals surface area contributed by atoms with Gasteiger partial charge in [0.15, 0.2) is 0 Å². The number of ether oxygens (including phenoxy) is 1. The van der Waals surface area contributed by atoms with Crippen molar-refractivity contribution in [2.45, 2.75) is 25.9 Å². The van der Waals surface area contributed by atoms with Crippen molar-refractivity contribution in [1.82, 2.24) is 10.3 Å². The zero-order chi connectivity index (χ0) is 14.7. The van der Waals surface area contributed by atoms with Gasteiger partial charge in [-0.3, -0.25) is 4.98 Å². The average Bonchev–Trinajstić information content (AvgIpc) is 2.91. The van der Waals surface area contributed by atoms with Crippen LogP contribution in [-0.4, -0.2) is 17.6 Å². The Bertz CT molecular complexity index is 653. The lowest BCUT2D eigenvalue weighted by Crippen LogP contribution is -2.22. The van der Waals surface area contributed by atoms with Crippen molar-refractivity contribution in [3.05, 3.63) is 48.4 Å². The molecule has 0 spiro atoms. The van der Waals surface area contributed by atoms with Crippen molar-refractivity contribution >= 4 is 10.9 Å². The molecule has 1 aliphatic rings. The lowest BCUT2D eigenvalue weighted by Gasteiger charge is -2.20. The summed E-state index contributed by atoms with van der Waals surface area (Å²) in [5.41, 5.74) is 6.75. The topological polar surface area (TPSA) is 60.2 Å². The standard InChI is InChI=1S/C17H21N3O/c1-2-14(8-12-9-17(18)20-11-12)21-15-5-6-16-13(10-15)4-3-7-19-16/h3-7,9-10,12,14,20H,2,8,11,18H2,1H3/t12-,14-/m0/s1. The maximum Gasteiger partial charge on any atom is 0.120 e. The lowest BCUT2D eigenvalue weighted by molar-refractivity contribution is 0.173. The number of nitrogens with two attached hydrogens (primary N) is 1. The highest BCUT2D eigenvalue weighted by molar-refractivity contribution is 5.79. The lowest BCUT2D eigenvalue weighted by atomic mass is 10.0. The minimum Gasteiger partial charge on any atom is -0.490 e. The van der Waals surface area contributed by atoms with E-state index in [0.717, 1.165) is 41.9 Å². The quantitative estimate of drug-likeness (QED) is 0.886. The normalized spacial score (nSPS) is 19.1. The number of hydrogen-bond donors (Lipinski definition) is 2. The summed E-state index contributed by atoms with van der Waals surface area (Å²) in [6, 6.07) is 10.1. The van der Waals surface area contributed by atoms with Crippen molar-refractivity contribution in [2.75, 3.05) is 6.54 Å². The molecule has 3 N–H and O–H groups in total. The van der Waals surface area contributed by atoms with E-state index in [0.29, 0.717) is 5.92 Å². The molecular weight excluding hydrogens is 262 g/mol. The third-order valence-electron chi connectivity index (χ3n) is 3.88. The maximum absolute atomic E-state index is 6.14. The molecule has 0 saturated heterocycles. The SMILES string of the molecule is CC[C@@H](C[C@H]1C=C(N)NC1)Oc1ccc2ncccc2c1. The zero-order valence-corrected chi connectivity index (χ0v) is 12.3. The molecule has 110 valence electrons. The Morgan fingerprint density at radius 3 is 3.10 bits per heavy atom. The number of pyridine rings is 1. The molecule has 3 rings (SSSR count). The van der Waals surface area contributed by atoms with Gasteiger partial charge in [-0.25, -0.2) is 0 Å². The van der Waals surface area contributed by atoms with E-state index < -0.39 is 0 Å². The monoisotopic (exact) mass is 283 g/mol. The van der Waals surface area contributed by atoms with Crippen LogP contribution in [0.1, 0.15) is 19.8 Å². The predicted octanol–water partition coefficient (Wildman–Crippen LogP) is 2.80. The number of hydrogen-bond acceptors (Lipinski definition) is 4. The van der Waals surface area contributed by atoms with Gasteiger partial charge in [0.2, 0.25) is 0 Å². The number of benzene rings is 1. The first-order valence-electron chi connectivity index (χ1n) is 7.47. The number of nitrogens with zero attached hydrogens (tertiary/aromatic N) is 1. The number of aromatic nitrogens is 1. The molecule has 0 fully saturated rings. The summed E-state index contributed by atoms with van der Waals surface area (Å²) in [7, 11) is 0. The fourth-order valence-corrected chi connectivity index (χ4v) is 2.73. The van der Waals surface area contributed by atoms with Crippen LogP contribution in [0.15, 0.2) is 48.4 Å². The molecule has 0 amide bonds. The predicted molar refractivity (Wildman–Crippen MR) is 84.8 cm³/mol. The van der Waals surface area contributed by atoms with Crippen LogP contribution in [0, 0.1) is 5.92 Å². The Balaban J connectivity index is 1.70. The van der Waals surface area contributed by atoms with Crippen LogP contribution in [0.4, 0.5) is 0 Å². The van der Waals surface area contributed by atoms with Gasteiger partial charge < -0.3 is 15.8 Å². The van der Waals surface area contributed by atoms with Gasteiger partial charge in [-0.15, -0.1) is 0 Å². The fraction of sp³-hybridized carbons (Fsp3) is 0.353. The van der Waals surface area contributed by atoms with Gasteiger partial charge in [-0.1, -0.05) is 13.0 Å². The Hall–Kier alpha value is -2.23. The third-order valence-corrected chi connectivity index (χ3v) is 3.88. The van der Waals surface area contributed by atoms with E-state index >= 15 is 0 Å². The molecule has 0 radical (unpaired) electrons. The first-order valence-corrected chi connectivity index (χ1v) is 7.47. The molecule has 2 aromatic rings. The van der Waals surface area contributed by atoms with Gasteiger partial charge in [-0.2, -0.15) is 0 Å². The molecule has 0 saturated carbocycles. The molecule has 0 unspecified atom stereocenters. The van der Waals surface area contributed by atoms with Crippen LogP contribution < -0.4 is 15.8 Å². The van der Waals surface area contributed by atoms with E-state index in [1.165, 1.54) is 0 Å². The maximum atomic E-state index is 6.14. The smallest absolute Gasteiger partial charge is 0.120 e. The van der Waals surface area contributed by atoms with Crippen molar-refractivity contribution < 1.29 is 4.74 Å². The Morgan fingerprint density at radius 2 is 2.33 bits per heavy atom. The van der Waals surface area contributed by atoms with Gasteiger partial charge in [-0.05, 0) is 43.2 Å². The highest BCUT2D eigenvalue weighted by Crippen LogP contribution is 2.23. The van der Waals surface area contributed by atoms with E-state index in [2.05, 4.69) is 35.4 Å². The summed E-state index contributed by atoms with van der Waals surface area (Å²) >= 11 is 0. The average molecular weight is 283 g/mol. The molecule has 4 heteroatoms. The van der Waals surface area contributed by atoms with Crippen LogP contribution in [0.3, 0.4) is 0 Å². The minimum atomic E-state index is 0.202. The second kappa shape index (κ2) is 6.04. The molecular formula is C17H21N3O.